The van der Waals surface area contributed by atoms with Gasteiger partial charge in [0.25, 0.3) is 0 Å². The van der Waals surface area contributed by atoms with Crippen LogP contribution < -0.4 is 31.8 Å². The van der Waals surface area contributed by atoms with Gasteiger partial charge in [-0.2, -0.15) is 0 Å². The Balaban J connectivity index is 0.000000161. The van der Waals surface area contributed by atoms with Gasteiger partial charge in [0.15, 0.2) is 0 Å². The molecule has 338 valence electrons. The van der Waals surface area contributed by atoms with Crippen LogP contribution in [0, 0.1) is 24.7 Å². The quantitative estimate of drug-likeness (QED) is 0.0674. The van der Waals surface area contributed by atoms with Crippen molar-refractivity contribution in [2.45, 2.75) is 38.5 Å². The molecule has 0 aromatic heterocycles. The molecule has 68 heavy (non-hydrogen) atoms. The summed E-state index contributed by atoms with van der Waals surface area (Å²) in [5, 5.41) is 8.71. The molecule has 0 heterocycles. The first kappa shape index (κ1) is 50.3. The van der Waals surface area contributed by atoms with E-state index in [0.29, 0.717) is 0 Å². The van der Waals surface area contributed by atoms with Crippen molar-refractivity contribution in [2.75, 3.05) is 0 Å². The van der Waals surface area contributed by atoms with Crippen LogP contribution in [0.4, 0.5) is 0 Å². The van der Waals surface area contributed by atoms with Gasteiger partial charge in [-0.25, -0.2) is 0 Å². The molecular formula is C64H52Au2P2+2. The molecule has 4 heteroatoms. The summed E-state index contributed by atoms with van der Waals surface area (Å²) in [6.07, 6.45) is 14.5. The van der Waals surface area contributed by atoms with Gasteiger partial charge in [-0.1, -0.05) is 173 Å². The molecular weight excluding hydrogens is 1220 g/mol. The van der Waals surface area contributed by atoms with Crippen LogP contribution in [-0.2, 0) is 55.6 Å². The molecule has 0 atom stereocenters. The van der Waals surface area contributed by atoms with Gasteiger partial charge in [-0.15, -0.1) is 35.4 Å². The molecule has 0 aliphatic heterocycles. The zero-order valence-corrected chi connectivity index (χ0v) is 44.9. The minimum Gasteiger partial charge on any atom is -0.366 e. The standard InChI is InChI=1S/C30H24P2.2C17H13.2Au/c1-5-15-25(16-6-1)31(26-17-7-2-8-18-26)29-23-13-14-24-30(29)32(27-19-9-3-10-20-27)28-21-11-4-12-22-28;1-4-12-9-10-16-14(11-12)13-7-5-6-8-15(13)17(16,2)3;1-4-12-9-10-14-13-7-5-6-8-15(13)17(2,3)16(14)11-12;;/h1-24H;2*5-11H,2-3H3;;/q;2*-1;2*+1/p+2. The molecule has 9 aromatic rings. The molecule has 0 bridgehead atoms. The predicted octanol–water partition coefficient (Wildman–Crippen LogP) is 12.5. The maximum absolute atomic E-state index is 7.25. The third-order valence-corrected chi connectivity index (χ3v) is 19.0. The van der Waals surface area contributed by atoms with E-state index in [4.69, 9.17) is 12.8 Å². The van der Waals surface area contributed by atoms with E-state index in [1.165, 1.54) is 76.3 Å². The van der Waals surface area contributed by atoms with Gasteiger partial charge in [0.05, 0.1) is 0 Å². The van der Waals surface area contributed by atoms with E-state index in [2.05, 4.69) is 258 Å². The molecule has 11 rings (SSSR count). The average molecular weight is 1280 g/mol. The minimum absolute atomic E-state index is 0. The Hall–Kier alpha value is -5.56. The fourth-order valence-electron chi connectivity index (χ4n) is 9.87. The van der Waals surface area contributed by atoms with Crippen LogP contribution in [0.2, 0.25) is 0 Å². The summed E-state index contributed by atoms with van der Waals surface area (Å²) < 4.78 is 0. The molecule has 9 aromatic carbocycles. The van der Waals surface area contributed by atoms with E-state index < -0.39 is 15.8 Å². The van der Waals surface area contributed by atoms with Gasteiger partial charge in [0.1, 0.15) is 47.7 Å². The van der Waals surface area contributed by atoms with Crippen LogP contribution in [0.3, 0.4) is 0 Å². The fraction of sp³-hybridized carbons (Fsp3) is 0.0938. The molecule has 0 unspecified atom stereocenters. The Morgan fingerprint density at radius 3 is 1.04 bits per heavy atom. The normalized spacial score (nSPS) is 12.6. The van der Waals surface area contributed by atoms with Crippen LogP contribution in [0.15, 0.2) is 231 Å². The monoisotopic (exact) mass is 1280 g/mol. The Morgan fingerprint density at radius 1 is 0.309 bits per heavy atom. The SMILES string of the molecule is [Au+].[Au+].[C-]#Cc1ccc2c(c1)-c1ccccc1C2(C)C.[C-]#Cc1ccc2c(c1)C(C)(C)c1ccccc1-2.c1ccc([PH+](c2ccccc2)c2ccccc2[PH+](c2ccccc2)c2ccccc2)cc1. The van der Waals surface area contributed by atoms with Crippen LogP contribution in [0.5, 0.6) is 0 Å². The third kappa shape index (κ3) is 10.1. The first-order chi connectivity index (χ1) is 32.2. The van der Waals surface area contributed by atoms with E-state index >= 15 is 0 Å². The second-order valence-electron chi connectivity index (χ2n) is 17.9. The summed E-state index contributed by atoms with van der Waals surface area (Å²) >= 11 is 0. The summed E-state index contributed by atoms with van der Waals surface area (Å²) in [5.41, 5.74) is 12.3. The van der Waals surface area contributed by atoms with Gasteiger partial charge < -0.3 is 12.8 Å². The van der Waals surface area contributed by atoms with Crippen LogP contribution in [0.1, 0.15) is 61.1 Å². The summed E-state index contributed by atoms with van der Waals surface area (Å²) in [6.45, 7) is 8.99. The van der Waals surface area contributed by atoms with Crippen LogP contribution in [-0.4, -0.2) is 0 Å². The molecule has 0 amide bonds. The second-order valence-corrected chi connectivity index (χ2v) is 22.8. The molecule has 0 nitrogen and oxygen atoms in total. The number of rotatable bonds is 6. The topological polar surface area (TPSA) is 0 Å². The van der Waals surface area contributed by atoms with Crippen molar-refractivity contribution in [1.82, 2.24) is 0 Å². The van der Waals surface area contributed by atoms with E-state index in [1.807, 2.05) is 12.1 Å². The smallest absolute Gasteiger partial charge is 0.366 e. The van der Waals surface area contributed by atoms with Gasteiger partial charge in [0, 0.05) is 10.8 Å². The molecule has 0 N–H and O–H groups in total. The van der Waals surface area contributed by atoms with Crippen molar-refractivity contribution in [1.29, 1.82) is 0 Å². The summed E-state index contributed by atoms with van der Waals surface area (Å²) in [5.74, 6) is 4.94. The van der Waals surface area contributed by atoms with E-state index in [1.54, 1.807) is 0 Å². The van der Waals surface area contributed by atoms with Crippen molar-refractivity contribution < 1.29 is 44.8 Å². The molecule has 2 aliphatic rings. The van der Waals surface area contributed by atoms with Crippen molar-refractivity contribution in [2.24, 2.45) is 0 Å². The predicted molar refractivity (Wildman–Crippen MR) is 287 cm³/mol. The molecule has 0 saturated heterocycles. The van der Waals surface area contributed by atoms with Crippen LogP contribution in [0.25, 0.3) is 22.3 Å². The molecule has 0 fully saturated rings. The number of fused-ring (bicyclic) bond motifs is 6. The Morgan fingerprint density at radius 2 is 0.618 bits per heavy atom. The van der Waals surface area contributed by atoms with Crippen molar-refractivity contribution in [3.63, 3.8) is 0 Å². The average Bonchev–Trinajstić information content (AvgIpc) is 3.75. The van der Waals surface area contributed by atoms with E-state index in [-0.39, 0.29) is 55.6 Å². The Kier molecular flexibility index (Phi) is 16.5. The first-order valence-electron chi connectivity index (χ1n) is 22.6. The molecule has 0 saturated carbocycles. The summed E-state index contributed by atoms with van der Waals surface area (Å²) in [7, 11) is -2.28. The molecule has 0 radical (unpaired) electrons. The maximum Gasteiger partial charge on any atom is 1.00 e. The molecule has 0 spiro atoms. The van der Waals surface area contributed by atoms with Gasteiger partial charge in [-0.3, -0.25) is 11.8 Å². The largest absolute Gasteiger partial charge is 1.00 e. The summed E-state index contributed by atoms with van der Waals surface area (Å²) in [4.78, 5) is 0. The second kappa shape index (κ2) is 22.2. The number of hydrogen-bond donors (Lipinski definition) is 0. The van der Waals surface area contributed by atoms with Gasteiger partial charge in [0.2, 0.25) is 0 Å². The van der Waals surface area contributed by atoms with Crippen molar-refractivity contribution in [3.8, 4) is 34.1 Å². The van der Waals surface area contributed by atoms with E-state index in [9.17, 15) is 0 Å². The van der Waals surface area contributed by atoms with Gasteiger partial charge in [-0.05, 0) is 105 Å². The maximum atomic E-state index is 7.25. The first-order valence-corrected chi connectivity index (χ1v) is 25.6. The zero-order valence-electron chi connectivity index (χ0n) is 38.5. The van der Waals surface area contributed by atoms with Crippen molar-refractivity contribution in [3.05, 3.63) is 277 Å². The third-order valence-electron chi connectivity index (χ3n) is 13.2. The Labute approximate surface area is 438 Å². The summed E-state index contributed by atoms with van der Waals surface area (Å²) in [6, 6.07) is 82.8. The van der Waals surface area contributed by atoms with Gasteiger partial charge >= 0.3 is 44.8 Å². The molecule has 2 aliphatic carbocycles. The number of benzene rings is 9. The Bertz CT molecular complexity index is 3040. The minimum atomic E-state index is -1.14. The fourth-order valence-corrected chi connectivity index (χ4v) is 15.9. The van der Waals surface area contributed by atoms with Crippen LogP contribution >= 0.6 is 15.8 Å². The van der Waals surface area contributed by atoms with Crippen molar-refractivity contribution >= 4 is 47.7 Å². The zero-order chi connectivity index (χ0) is 45.7. The van der Waals surface area contributed by atoms with E-state index in [0.717, 1.165) is 11.1 Å². The number of hydrogen-bond acceptors (Lipinski definition) is 0.